The van der Waals surface area contributed by atoms with Crippen LogP contribution in [0, 0.1) is 0 Å². The van der Waals surface area contributed by atoms with Gasteiger partial charge in [-0.15, -0.1) is 0 Å². The first-order valence-corrected chi connectivity index (χ1v) is 4.52. The molecule has 0 spiro atoms. The molecule has 7 nitrogen and oxygen atoms in total. The molecule has 0 fully saturated rings. The number of rotatable bonds is 4. The maximum atomic E-state index is 11.1. The summed E-state index contributed by atoms with van der Waals surface area (Å²) in [6.07, 6.45) is 1.38. The number of nitrogens with zero attached hydrogens (tertiary/aromatic N) is 2. The van der Waals surface area contributed by atoms with E-state index >= 15 is 0 Å². The summed E-state index contributed by atoms with van der Waals surface area (Å²) in [4.78, 5) is 29.5. The van der Waals surface area contributed by atoms with Crippen LogP contribution in [0.3, 0.4) is 0 Å². The van der Waals surface area contributed by atoms with Crippen molar-refractivity contribution >= 4 is 17.7 Å². The number of hydrogen-bond donors (Lipinski definition) is 2. The lowest BCUT2D eigenvalue weighted by molar-refractivity contribution is -0.118. The zero-order valence-corrected chi connectivity index (χ0v) is 8.93. The molecule has 16 heavy (non-hydrogen) atoms. The van der Waals surface area contributed by atoms with Crippen LogP contribution in [-0.2, 0) is 9.53 Å². The van der Waals surface area contributed by atoms with Gasteiger partial charge in [0, 0.05) is 6.20 Å². The first kappa shape index (κ1) is 11.9. The summed E-state index contributed by atoms with van der Waals surface area (Å²) in [7, 11) is 1.23. The van der Waals surface area contributed by atoms with Crippen LogP contribution in [0.15, 0.2) is 12.3 Å². The number of nitrogens with one attached hydrogen (secondary N) is 1. The number of hydrogen-bond acceptors (Lipinski definition) is 6. The van der Waals surface area contributed by atoms with Gasteiger partial charge in [0.05, 0.1) is 7.11 Å². The topological polar surface area (TPSA) is 107 Å². The third-order valence-electron chi connectivity index (χ3n) is 1.81. The van der Waals surface area contributed by atoms with Gasteiger partial charge >= 0.3 is 5.97 Å². The van der Waals surface area contributed by atoms with Crippen LogP contribution in [0.2, 0.25) is 0 Å². The number of anilines is 1. The normalized spacial score (nSPS) is 11.6. The van der Waals surface area contributed by atoms with Crippen molar-refractivity contribution in [3.05, 3.63) is 18.1 Å². The Balaban J connectivity index is 2.82. The van der Waals surface area contributed by atoms with Crippen molar-refractivity contribution in [3.8, 4) is 0 Å². The second-order valence-corrected chi connectivity index (χ2v) is 3.03. The fraction of sp³-hybridized carbons (Fsp3) is 0.333. The second-order valence-electron chi connectivity index (χ2n) is 3.03. The fourth-order valence-electron chi connectivity index (χ4n) is 0.922. The van der Waals surface area contributed by atoms with E-state index in [2.05, 4.69) is 20.0 Å². The van der Waals surface area contributed by atoms with E-state index in [4.69, 9.17) is 5.73 Å². The van der Waals surface area contributed by atoms with Crippen LogP contribution in [0.25, 0.3) is 0 Å². The third-order valence-corrected chi connectivity index (χ3v) is 1.81. The number of carbonyl (C=O) groups excluding carboxylic acids is 2. The van der Waals surface area contributed by atoms with Crippen molar-refractivity contribution in [2.45, 2.75) is 13.0 Å². The average molecular weight is 224 g/mol. The van der Waals surface area contributed by atoms with Gasteiger partial charge in [-0.05, 0) is 13.0 Å². The SMILES string of the molecule is COC(=O)c1nccc(N[C@H](C)C(N)=O)n1. The van der Waals surface area contributed by atoms with Gasteiger partial charge in [-0.2, -0.15) is 0 Å². The molecule has 1 atom stereocenters. The van der Waals surface area contributed by atoms with Gasteiger partial charge in [0.15, 0.2) is 0 Å². The quantitative estimate of drug-likeness (QED) is 0.670. The Bertz CT molecular complexity index is 407. The zero-order valence-electron chi connectivity index (χ0n) is 8.93. The molecule has 1 aromatic heterocycles. The second kappa shape index (κ2) is 5.06. The Hall–Kier alpha value is -2.18. The van der Waals surface area contributed by atoms with E-state index in [1.54, 1.807) is 6.92 Å². The van der Waals surface area contributed by atoms with Gasteiger partial charge in [-0.1, -0.05) is 0 Å². The third kappa shape index (κ3) is 2.91. The predicted molar refractivity (Wildman–Crippen MR) is 55.7 cm³/mol. The largest absolute Gasteiger partial charge is 0.463 e. The van der Waals surface area contributed by atoms with Crippen LogP contribution >= 0.6 is 0 Å². The Morgan fingerprint density at radius 1 is 1.56 bits per heavy atom. The van der Waals surface area contributed by atoms with Crippen LogP contribution in [0.5, 0.6) is 0 Å². The molecule has 1 heterocycles. The van der Waals surface area contributed by atoms with Crippen LogP contribution in [0.4, 0.5) is 5.82 Å². The number of nitrogens with two attached hydrogens (primary N) is 1. The molecular weight excluding hydrogens is 212 g/mol. The lowest BCUT2D eigenvalue weighted by atomic mass is 10.3. The highest BCUT2D eigenvalue weighted by Crippen LogP contribution is 2.04. The monoisotopic (exact) mass is 224 g/mol. The van der Waals surface area contributed by atoms with Gasteiger partial charge < -0.3 is 15.8 Å². The van der Waals surface area contributed by atoms with Gasteiger partial charge in [0.1, 0.15) is 11.9 Å². The Labute approximate surface area is 92.0 Å². The molecule has 0 unspecified atom stereocenters. The number of esters is 1. The lowest BCUT2D eigenvalue weighted by Crippen LogP contribution is -2.32. The Morgan fingerprint density at radius 3 is 2.81 bits per heavy atom. The number of ether oxygens (including phenoxy) is 1. The molecule has 0 bridgehead atoms. The minimum absolute atomic E-state index is 0.0795. The summed E-state index contributed by atoms with van der Waals surface area (Å²) in [5, 5.41) is 2.73. The summed E-state index contributed by atoms with van der Waals surface area (Å²) in [6, 6.07) is 0.937. The van der Waals surface area contributed by atoms with E-state index in [-0.39, 0.29) is 5.82 Å². The number of aromatic nitrogens is 2. The summed E-state index contributed by atoms with van der Waals surface area (Å²) < 4.78 is 4.46. The molecule has 3 N–H and O–H groups in total. The highest BCUT2D eigenvalue weighted by atomic mass is 16.5. The maximum absolute atomic E-state index is 11.1. The van der Waals surface area contributed by atoms with Crippen LogP contribution < -0.4 is 11.1 Å². The van der Waals surface area contributed by atoms with Crippen molar-refractivity contribution in [2.24, 2.45) is 5.73 Å². The molecule has 7 heteroatoms. The number of methoxy groups -OCH3 is 1. The van der Waals surface area contributed by atoms with E-state index in [1.807, 2.05) is 0 Å². The van der Waals surface area contributed by atoms with Gasteiger partial charge in [-0.25, -0.2) is 14.8 Å². The smallest absolute Gasteiger partial charge is 0.376 e. The van der Waals surface area contributed by atoms with Gasteiger partial charge in [0.25, 0.3) is 0 Å². The lowest BCUT2D eigenvalue weighted by Gasteiger charge is -2.10. The molecule has 0 saturated carbocycles. The Kier molecular flexibility index (Phi) is 3.76. The summed E-state index contributed by atoms with van der Waals surface area (Å²) in [6.45, 7) is 1.59. The molecule has 0 aliphatic carbocycles. The van der Waals surface area contributed by atoms with Crippen molar-refractivity contribution in [1.29, 1.82) is 0 Å². The summed E-state index contributed by atoms with van der Waals surface area (Å²) in [5.41, 5.74) is 5.07. The summed E-state index contributed by atoms with van der Waals surface area (Å²) in [5.74, 6) is -0.903. The van der Waals surface area contributed by atoms with Gasteiger partial charge in [0.2, 0.25) is 11.7 Å². The highest BCUT2D eigenvalue weighted by Gasteiger charge is 2.12. The molecule has 0 aliphatic rings. The molecule has 0 aromatic carbocycles. The van der Waals surface area contributed by atoms with E-state index in [1.165, 1.54) is 19.4 Å². The number of carbonyl (C=O) groups is 2. The minimum atomic E-state index is -0.643. The van der Waals surface area contributed by atoms with E-state index in [0.717, 1.165) is 0 Å². The molecule has 1 amide bonds. The van der Waals surface area contributed by atoms with E-state index in [9.17, 15) is 9.59 Å². The molecule has 0 radical (unpaired) electrons. The van der Waals surface area contributed by atoms with E-state index < -0.39 is 17.9 Å². The van der Waals surface area contributed by atoms with E-state index in [0.29, 0.717) is 5.82 Å². The van der Waals surface area contributed by atoms with Crippen LogP contribution in [0.1, 0.15) is 17.5 Å². The zero-order chi connectivity index (χ0) is 12.1. The van der Waals surface area contributed by atoms with Crippen molar-refractivity contribution in [1.82, 2.24) is 9.97 Å². The maximum Gasteiger partial charge on any atom is 0.376 e. The first-order chi connectivity index (χ1) is 7.54. The van der Waals surface area contributed by atoms with Crippen molar-refractivity contribution in [3.63, 3.8) is 0 Å². The minimum Gasteiger partial charge on any atom is -0.463 e. The van der Waals surface area contributed by atoms with Crippen LogP contribution in [-0.4, -0.2) is 35.0 Å². The molecular formula is C9H12N4O3. The molecule has 1 rings (SSSR count). The Morgan fingerprint density at radius 2 is 2.25 bits per heavy atom. The van der Waals surface area contributed by atoms with Gasteiger partial charge in [-0.3, -0.25) is 4.79 Å². The molecule has 1 aromatic rings. The molecule has 86 valence electrons. The predicted octanol–water partition coefficient (Wildman–Crippen LogP) is -0.451. The van der Waals surface area contributed by atoms with Crippen molar-refractivity contribution < 1.29 is 14.3 Å². The van der Waals surface area contributed by atoms with Crippen molar-refractivity contribution in [2.75, 3.05) is 12.4 Å². The molecule has 0 aliphatic heterocycles. The first-order valence-electron chi connectivity index (χ1n) is 4.52. The highest BCUT2D eigenvalue weighted by molar-refractivity contribution is 5.85. The fourth-order valence-corrected chi connectivity index (χ4v) is 0.922. The number of amides is 1. The summed E-state index contributed by atoms with van der Waals surface area (Å²) >= 11 is 0. The molecule has 0 saturated heterocycles. The average Bonchev–Trinajstić information content (AvgIpc) is 2.28. The standard InChI is InChI=1S/C9H12N4O3/c1-5(7(10)14)12-6-3-4-11-8(13-6)9(15)16-2/h3-5H,1-2H3,(H2,10,14)(H,11,12,13)/t5-/m1/s1. The number of primary amides is 1.